The van der Waals surface area contributed by atoms with Crippen LogP contribution in [0.4, 0.5) is 0 Å². The molecule has 0 radical (unpaired) electrons. The fraction of sp³-hybridized carbons (Fsp3) is 0.588. The van der Waals surface area contributed by atoms with Crippen LogP contribution in [0.1, 0.15) is 32.6 Å². The molecule has 4 heteroatoms. The molecule has 1 rings (SSSR count). The Bertz CT molecular complexity index is 395. The highest BCUT2D eigenvalue weighted by Gasteiger charge is 2.12. The smallest absolute Gasteiger partial charge is 0.222 e. The van der Waals surface area contributed by atoms with Crippen molar-refractivity contribution in [2.24, 2.45) is 11.7 Å². The van der Waals surface area contributed by atoms with Crippen LogP contribution in [0.2, 0.25) is 0 Å². The van der Waals surface area contributed by atoms with Crippen LogP contribution in [0.25, 0.3) is 0 Å². The van der Waals surface area contributed by atoms with Gasteiger partial charge in [-0.2, -0.15) is 0 Å². The second-order valence-corrected chi connectivity index (χ2v) is 5.37. The number of nitrogens with two attached hydrogens (primary N) is 1. The lowest BCUT2D eigenvalue weighted by atomic mass is 9.96. The van der Waals surface area contributed by atoms with Gasteiger partial charge in [0.25, 0.3) is 0 Å². The van der Waals surface area contributed by atoms with Crippen molar-refractivity contribution in [3.63, 3.8) is 0 Å². The molecule has 0 saturated heterocycles. The molecule has 0 aromatic heterocycles. The van der Waals surface area contributed by atoms with Gasteiger partial charge in [0.05, 0.1) is 6.54 Å². The molecule has 4 nitrogen and oxygen atoms in total. The van der Waals surface area contributed by atoms with Crippen molar-refractivity contribution < 1.29 is 9.53 Å². The molecule has 1 aromatic rings. The molecule has 0 heterocycles. The molecule has 1 atom stereocenters. The molecule has 1 aromatic carbocycles. The predicted molar refractivity (Wildman–Crippen MR) is 86.3 cm³/mol. The van der Waals surface area contributed by atoms with Crippen molar-refractivity contribution in [3.8, 4) is 5.75 Å². The quantitative estimate of drug-likeness (QED) is 0.721. The number of amides is 1. The van der Waals surface area contributed by atoms with Crippen molar-refractivity contribution in [2.75, 3.05) is 26.7 Å². The zero-order valence-corrected chi connectivity index (χ0v) is 13.3. The number of likely N-dealkylation sites (N-methyl/N-ethyl adjacent to an activating group) is 1. The van der Waals surface area contributed by atoms with Gasteiger partial charge in [0, 0.05) is 13.5 Å². The Labute approximate surface area is 128 Å². The summed E-state index contributed by atoms with van der Waals surface area (Å²) in [4.78, 5) is 13.8. The lowest BCUT2D eigenvalue weighted by Crippen LogP contribution is -2.31. The number of hydrogen-bond acceptors (Lipinski definition) is 3. The van der Waals surface area contributed by atoms with E-state index in [4.69, 9.17) is 10.5 Å². The molecular weight excluding hydrogens is 264 g/mol. The number of para-hydroxylation sites is 1. The molecule has 21 heavy (non-hydrogen) atoms. The van der Waals surface area contributed by atoms with E-state index in [1.54, 1.807) is 4.90 Å². The summed E-state index contributed by atoms with van der Waals surface area (Å²) in [5.74, 6) is 1.59. The average Bonchev–Trinajstić information content (AvgIpc) is 2.52. The van der Waals surface area contributed by atoms with E-state index in [1.165, 1.54) is 0 Å². The highest BCUT2D eigenvalue weighted by molar-refractivity contribution is 5.75. The summed E-state index contributed by atoms with van der Waals surface area (Å²) in [7, 11) is 1.83. The van der Waals surface area contributed by atoms with E-state index in [0.717, 1.165) is 25.0 Å². The Morgan fingerprint density at radius 3 is 2.62 bits per heavy atom. The third kappa shape index (κ3) is 7.14. The fourth-order valence-corrected chi connectivity index (χ4v) is 2.25. The van der Waals surface area contributed by atoms with E-state index < -0.39 is 0 Å². The number of carbonyl (C=O) groups is 1. The molecule has 0 aliphatic rings. The van der Waals surface area contributed by atoms with Crippen molar-refractivity contribution in [3.05, 3.63) is 30.3 Å². The van der Waals surface area contributed by atoms with Crippen molar-refractivity contribution in [2.45, 2.75) is 32.6 Å². The highest BCUT2D eigenvalue weighted by atomic mass is 16.5. The van der Waals surface area contributed by atoms with Crippen LogP contribution < -0.4 is 10.5 Å². The Hall–Kier alpha value is -1.55. The SMILES string of the molecule is CCC(CCN)CCC(=O)N(C)CCOc1ccccc1. The molecule has 0 fully saturated rings. The zero-order valence-electron chi connectivity index (χ0n) is 13.3. The Morgan fingerprint density at radius 1 is 1.29 bits per heavy atom. The van der Waals surface area contributed by atoms with Gasteiger partial charge >= 0.3 is 0 Å². The Kier molecular flexibility index (Phi) is 8.51. The van der Waals surface area contributed by atoms with Crippen LogP contribution in [0, 0.1) is 5.92 Å². The molecule has 2 N–H and O–H groups in total. The molecule has 0 saturated carbocycles. The maximum atomic E-state index is 12.0. The normalized spacial score (nSPS) is 12.0. The van der Waals surface area contributed by atoms with Gasteiger partial charge in [0.15, 0.2) is 0 Å². The third-order valence-electron chi connectivity index (χ3n) is 3.78. The predicted octanol–water partition coefficient (Wildman–Crippen LogP) is 2.68. The molecule has 0 bridgehead atoms. The van der Waals surface area contributed by atoms with Crippen LogP contribution in [-0.4, -0.2) is 37.6 Å². The molecule has 118 valence electrons. The van der Waals surface area contributed by atoms with Gasteiger partial charge in [0.1, 0.15) is 12.4 Å². The van der Waals surface area contributed by atoms with Crippen molar-refractivity contribution >= 4 is 5.91 Å². The van der Waals surface area contributed by atoms with Gasteiger partial charge in [-0.3, -0.25) is 4.79 Å². The molecule has 0 spiro atoms. The topological polar surface area (TPSA) is 55.6 Å². The molecule has 0 aliphatic carbocycles. The van der Waals surface area contributed by atoms with Crippen molar-refractivity contribution in [1.29, 1.82) is 0 Å². The minimum absolute atomic E-state index is 0.183. The second-order valence-electron chi connectivity index (χ2n) is 5.37. The summed E-state index contributed by atoms with van der Waals surface area (Å²) in [6, 6.07) is 9.66. The largest absolute Gasteiger partial charge is 0.492 e. The Balaban J connectivity index is 2.21. The highest BCUT2D eigenvalue weighted by Crippen LogP contribution is 2.15. The van der Waals surface area contributed by atoms with E-state index >= 15 is 0 Å². The number of nitrogens with zero attached hydrogens (tertiary/aromatic N) is 1. The molecule has 1 unspecified atom stereocenters. The molecular formula is C17H28N2O2. The average molecular weight is 292 g/mol. The second kappa shape index (κ2) is 10.2. The maximum Gasteiger partial charge on any atom is 0.222 e. The monoisotopic (exact) mass is 292 g/mol. The van der Waals surface area contributed by atoms with Crippen LogP contribution in [0.15, 0.2) is 30.3 Å². The summed E-state index contributed by atoms with van der Waals surface area (Å²) < 4.78 is 5.60. The minimum Gasteiger partial charge on any atom is -0.492 e. The first-order chi connectivity index (χ1) is 10.2. The van der Waals surface area contributed by atoms with E-state index in [9.17, 15) is 4.79 Å². The number of hydrogen-bond donors (Lipinski definition) is 1. The first kappa shape index (κ1) is 17.5. The first-order valence-corrected chi connectivity index (χ1v) is 7.79. The zero-order chi connectivity index (χ0) is 15.5. The van der Waals surface area contributed by atoms with Crippen LogP contribution in [-0.2, 0) is 4.79 Å². The minimum atomic E-state index is 0.183. The van der Waals surface area contributed by atoms with Crippen LogP contribution in [0.5, 0.6) is 5.75 Å². The van der Waals surface area contributed by atoms with Gasteiger partial charge in [-0.25, -0.2) is 0 Å². The number of benzene rings is 1. The summed E-state index contributed by atoms with van der Waals surface area (Å²) in [6.45, 7) is 3.99. The van der Waals surface area contributed by atoms with E-state index in [2.05, 4.69) is 6.92 Å². The van der Waals surface area contributed by atoms with E-state index in [0.29, 0.717) is 32.0 Å². The van der Waals surface area contributed by atoms with Crippen LogP contribution in [0.3, 0.4) is 0 Å². The van der Waals surface area contributed by atoms with Gasteiger partial charge < -0.3 is 15.4 Å². The van der Waals surface area contributed by atoms with Crippen molar-refractivity contribution in [1.82, 2.24) is 4.90 Å². The third-order valence-corrected chi connectivity index (χ3v) is 3.78. The lowest BCUT2D eigenvalue weighted by molar-refractivity contribution is -0.130. The number of ether oxygens (including phenoxy) is 1. The lowest BCUT2D eigenvalue weighted by Gasteiger charge is -2.19. The van der Waals surface area contributed by atoms with E-state index in [1.807, 2.05) is 37.4 Å². The summed E-state index contributed by atoms with van der Waals surface area (Å²) >= 11 is 0. The van der Waals surface area contributed by atoms with E-state index in [-0.39, 0.29) is 5.91 Å². The fourth-order valence-electron chi connectivity index (χ4n) is 2.25. The number of rotatable bonds is 10. The Morgan fingerprint density at radius 2 is 2.00 bits per heavy atom. The maximum absolute atomic E-state index is 12.0. The molecule has 1 amide bonds. The number of carbonyl (C=O) groups excluding carboxylic acids is 1. The summed E-state index contributed by atoms with van der Waals surface area (Å²) in [6.07, 6.45) is 3.62. The first-order valence-electron chi connectivity index (χ1n) is 7.79. The van der Waals surface area contributed by atoms with Gasteiger partial charge in [-0.1, -0.05) is 31.5 Å². The summed E-state index contributed by atoms with van der Waals surface area (Å²) in [5.41, 5.74) is 5.58. The van der Waals surface area contributed by atoms with Gasteiger partial charge in [0.2, 0.25) is 5.91 Å². The van der Waals surface area contributed by atoms with Crippen LogP contribution >= 0.6 is 0 Å². The van der Waals surface area contributed by atoms with Gasteiger partial charge in [-0.15, -0.1) is 0 Å². The summed E-state index contributed by atoms with van der Waals surface area (Å²) in [5, 5.41) is 0. The standard InChI is InChI=1S/C17H28N2O2/c1-3-15(11-12-18)9-10-17(20)19(2)13-14-21-16-7-5-4-6-8-16/h4-8,15H,3,9-14,18H2,1-2H3. The van der Waals surface area contributed by atoms with Gasteiger partial charge in [-0.05, 0) is 37.4 Å². The molecule has 0 aliphatic heterocycles.